The van der Waals surface area contributed by atoms with Gasteiger partial charge in [-0.2, -0.15) is 9.61 Å². The first kappa shape index (κ1) is 32.2. The molecule has 0 saturated carbocycles. The summed E-state index contributed by atoms with van der Waals surface area (Å²) in [5.74, 6) is 1.42. The largest absolute Gasteiger partial charge is 0.444 e. The van der Waals surface area contributed by atoms with E-state index < -0.39 is 21.7 Å². The number of carbonyl (C=O) groups is 2. The highest BCUT2D eigenvalue weighted by molar-refractivity contribution is 7.92. The molecular formula is C31H41ClN8O5S. The Morgan fingerprint density at radius 3 is 2.48 bits per heavy atom. The Balaban J connectivity index is 1.31. The van der Waals surface area contributed by atoms with Gasteiger partial charge in [0.15, 0.2) is 5.65 Å². The van der Waals surface area contributed by atoms with Crippen molar-refractivity contribution in [3.8, 4) is 0 Å². The van der Waals surface area contributed by atoms with Gasteiger partial charge < -0.3 is 24.8 Å². The topological polar surface area (TPSA) is 141 Å². The molecule has 0 spiro atoms. The number of piperidine rings is 1. The van der Waals surface area contributed by atoms with E-state index in [-0.39, 0.29) is 29.2 Å². The maximum absolute atomic E-state index is 14.1. The van der Waals surface area contributed by atoms with E-state index in [0.29, 0.717) is 42.4 Å². The molecule has 0 bridgehead atoms. The minimum atomic E-state index is -3.63. The summed E-state index contributed by atoms with van der Waals surface area (Å²) in [5, 5.41) is 8.37. The van der Waals surface area contributed by atoms with E-state index in [1.54, 1.807) is 11.0 Å². The molecule has 0 unspecified atom stereocenters. The van der Waals surface area contributed by atoms with Gasteiger partial charge in [-0.05, 0) is 71.1 Å². The number of ether oxygens (including phenoxy) is 1. The lowest BCUT2D eigenvalue weighted by atomic mass is 9.98. The Morgan fingerprint density at radius 2 is 1.78 bits per heavy atom. The molecule has 2 aromatic heterocycles. The van der Waals surface area contributed by atoms with Gasteiger partial charge in [-0.1, -0.05) is 11.6 Å². The molecule has 3 fully saturated rings. The minimum Gasteiger partial charge on any atom is -0.444 e. The van der Waals surface area contributed by atoms with E-state index >= 15 is 0 Å². The van der Waals surface area contributed by atoms with E-state index in [4.69, 9.17) is 26.4 Å². The predicted molar refractivity (Wildman–Crippen MR) is 177 cm³/mol. The number of halogens is 1. The van der Waals surface area contributed by atoms with Crippen molar-refractivity contribution < 1.29 is 22.7 Å². The third-order valence-corrected chi connectivity index (χ3v) is 9.27. The summed E-state index contributed by atoms with van der Waals surface area (Å²) in [6.07, 6.45) is 4.90. The Labute approximate surface area is 274 Å². The Kier molecular flexibility index (Phi) is 8.70. The summed E-state index contributed by atoms with van der Waals surface area (Å²) >= 11 is 6.27. The van der Waals surface area contributed by atoms with Crippen molar-refractivity contribution in [3.63, 3.8) is 0 Å². The summed E-state index contributed by atoms with van der Waals surface area (Å²) in [4.78, 5) is 37.7. The van der Waals surface area contributed by atoms with Gasteiger partial charge >= 0.3 is 6.09 Å². The number of nitrogens with zero attached hydrogens (tertiary/aromatic N) is 6. The number of hydrogen-bond acceptors (Lipinski definition) is 9. The molecule has 3 saturated heterocycles. The number of rotatable bonds is 7. The Bertz CT molecular complexity index is 1750. The van der Waals surface area contributed by atoms with Gasteiger partial charge in [-0.25, -0.2) is 18.2 Å². The van der Waals surface area contributed by atoms with Crippen LogP contribution in [-0.2, 0) is 14.8 Å². The second-order valence-corrected chi connectivity index (χ2v) is 15.5. The first-order valence-electron chi connectivity index (χ1n) is 15.7. The normalized spacial score (nSPS) is 20.5. The predicted octanol–water partition coefficient (Wildman–Crippen LogP) is 4.44. The monoisotopic (exact) mass is 672 g/mol. The Morgan fingerprint density at radius 1 is 1.00 bits per heavy atom. The summed E-state index contributed by atoms with van der Waals surface area (Å²) in [6.45, 7) is 9.19. The fourth-order valence-electron chi connectivity index (χ4n) is 6.24. The SMILES string of the molecule is CC(C)(C)OC(=O)N[C@H]1CCN(c2cc(N3CCC3)nc3cc([C@@H]4CCCCN4C(=O)c4cc(Cl)ccc4NS(C)(=O)=O)nn23)C1. The van der Waals surface area contributed by atoms with Gasteiger partial charge in [-0.15, -0.1) is 0 Å². The van der Waals surface area contributed by atoms with Crippen LogP contribution in [0.2, 0.25) is 5.02 Å². The van der Waals surface area contributed by atoms with Crippen molar-refractivity contribution in [1.29, 1.82) is 0 Å². The van der Waals surface area contributed by atoms with Crippen LogP contribution in [0.15, 0.2) is 30.3 Å². The average molecular weight is 673 g/mol. The summed E-state index contributed by atoms with van der Waals surface area (Å²) in [6, 6.07) is 8.14. The van der Waals surface area contributed by atoms with Gasteiger partial charge in [0.2, 0.25) is 10.0 Å². The molecule has 3 aliphatic heterocycles. The number of benzene rings is 1. The second kappa shape index (κ2) is 12.4. The molecule has 2 amide bonds. The lowest BCUT2D eigenvalue weighted by molar-refractivity contribution is 0.0508. The molecule has 248 valence electrons. The van der Waals surface area contributed by atoms with Crippen LogP contribution in [0, 0.1) is 0 Å². The molecule has 3 aliphatic rings. The lowest BCUT2D eigenvalue weighted by Crippen LogP contribution is -2.41. The molecule has 5 heterocycles. The first-order chi connectivity index (χ1) is 21.7. The maximum Gasteiger partial charge on any atom is 0.407 e. The summed E-state index contributed by atoms with van der Waals surface area (Å²) < 4.78 is 33.9. The lowest BCUT2D eigenvalue weighted by Gasteiger charge is -2.35. The maximum atomic E-state index is 14.1. The van der Waals surface area contributed by atoms with Crippen molar-refractivity contribution in [2.45, 2.75) is 70.6 Å². The van der Waals surface area contributed by atoms with Crippen molar-refractivity contribution in [3.05, 3.63) is 46.6 Å². The molecule has 13 nitrogen and oxygen atoms in total. The Hall–Kier alpha value is -3.78. The number of anilines is 3. The molecule has 1 aromatic carbocycles. The number of fused-ring (bicyclic) bond motifs is 1. The molecule has 0 radical (unpaired) electrons. The number of hydrogen-bond donors (Lipinski definition) is 2. The van der Waals surface area contributed by atoms with Gasteiger partial charge in [-0.3, -0.25) is 9.52 Å². The first-order valence-corrected chi connectivity index (χ1v) is 18.0. The number of amides is 2. The molecule has 15 heteroatoms. The quantitative estimate of drug-likeness (QED) is 0.373. The van der Waals surface area contributed by atoms with E-state index in [0.717, 1.165) is 56.7 Å². The smallest absolute Gasteiger partial charge is 0.407 e. The van der Waals surface area contributed by atoms with E-state index in [1.165, 1.54) is 12.1 Å². The number of likely N-dealkylation sites (tertiary alicyclic amines) is 1. The van der Waals surface area contributed by atoms with Crippen molar-refractivity contribution in [2.24, 2.45) is 0 Å². The number of alkyl carbamates (subject to hydrolysis) is 1. The number of nitrogens with one attached hydrogen (secondary N) is 2. The van der Waals surface area contributed by atoms with Crippen molar-refractivity contribution in [2.75, 3.05) is 53.5 Å². The van der Waals surface area contributed by atoms with Crippen LogP contribution in [0.4, 0.5) is 22.1 Å². The summed E-state index contributed by atoms with van der Waals surface area (Å²) in [7, 11) is -3.63. The number of aromatic nitrogens is 3. The van der Waals surface area contributed by atoms with Crippen LogP contribution in [0.3, 0.4) is 0 Å². The molecular weight excluding hydrogens is 632 g/mol. The highest BCUT2D eigenvalue weighted by Crippen LogP contribution is 2.36. The third-order valence-electron chi connectivity index (χ3n) is 8.44. The van der Waals surface area contributed by atoms with Crippen LogP contribution in [0.1, 0.15) is 75.0 Å². The zero-order chi connectivity index (χ0) is 32.8. The fraction of sp³-hybridized carbons (Fsp3) is 0.548. The summed E-state index contributed by atoms with van der Waals surface area (Å²) in [5.41, 5.74) is 1.18. The van der Waals surface area contributed by atoms with Crippen LogP contribution < -0.4 is 19.8 Å². The van der Waals surface area contributed by atoms with E-state index in [2.05, 4.69) is 25.9 Å². The molecule has 3 aromatic rings. The van der Waals surface area contributed by atoms with Crippen LogP contribution in [-0.4, -0.2) is 90.5 Å². The van der Waals surface area contributed by atoms with Gasteiger partial charge in [0.1, 0.15) is 17.2 Å². The average Bonchev–Trinajstić information content (AvgIpc) is 3.58. The van der Waals surface area contributed by atoms with Crippen molar-refractivity contribution >= 4 is 56.6 Å². The zero-order valence-corrected chi connectivity index (χ0v) is 28.2. The standard InChI is InChI=1S/C31H41ClN8O5S/c1-31(2,3)45-30(42)33-21-11-15-38(19-21)28-18-26(37-12-7-13-37)34-27-17-24(35-40(27)28)25-8-5-6-14-39(25)29(41)22-16-20(32)9-10-23(22)36-46(4,43)44/h9-10,16-18,21,25,36H,5-8,11-15,19H2,1-4H3,(H,33,42)/t21-,25-/m0/s1. The highest BCUT2D eigenvalue weighted by atomic mass is 35.5. The molecule has 0 aliphatic carbocycles. The van der Waals surface area contributed by atoms with Crippen LogP contribution >= 0.6 is 11.6 Å². The highest BCUT2D eigenvalue weighted by Gasteiger charge is 2.34. The van der Waals surface area contributed by atoms with E-state index in [9.17, 15) is 18.0 Å². The van der Waals surface area contributed by atoms with Gasteiger partial charge in [0, 0.05) is 49.9 Å². The van der Waals surface area contributed by atoms with Crippen molar-refractivity contribution in [1.82, 2.24) is 24.8 Å². The number of carbonyl (C=O) groups excluding carboxylic acids is 2. The molecule has 6 rings (SSSR count). The van der Waals surface area contributed by atoms with E-state index in [1.807, 2.05) is 31.4 Å². The third kappa shape index (κ3) is 7.12. The van der Waals surface area contributed by atoms with Gasteiger partial charge in [0.05, 0.1) is 35.3 Å². The minimum absolute atomic E-state index is 0.0838. The molecule has 2 atom stereocenters. The van der Waals surface area contributed by atoms with Gasteiger partial charge in [0.25, 0.3) is 5.91 Å². The number of sulfonamides is 1. The van der Waals surface area contributed by atoms with Crippen LogP contribution in [0.5, 0.6) is 0 Å². The second-order valence-electron chi connectivity index (χ2n) is 13.3. The fourth-order valence-corrected chi connectivity index (χ4v) is 6.99. The molecule has 2 N–H and O–H groups in total. The van der Waals surface area contributed by atoms with Crippen LogP contribution in [0.25, 0.3) is 5.65 Å². The molecule has 46 heavy (non-hydrogen) atoms. The zero-order valence-electron chi connectivity index (χ0n) is 26.6.